The quantitative estimate of drug-likeness (QED) is 0.0689. The van der Waals surface area contributed by atoms with E-state index in [2.05, 4.69) is 42.3 Å². The summed E-state index contributed by atoms with van der Waals surface area (Å²) < 4.78 is 5.23. The van der Waals surface area contributed by atoms with E-state index in [0.717, 1.165) is 0 Å². The van der Waals surface area contributed by atoms with E-state index in [1.165, 1.54) is 193 Å². The molecule has 0 N–H and O–H groups in total. The molecule has 0 saturated carbocycles. The molecule has 1 rings (SSSR count). The SMILES string of the molecule is CCCCCCCCCCCCCCc1n(CCCCCCCCCCCC)cc[n+]1CCCCCCC. The molecule has 0 radical (unpaired) electrons. The van der Waals surface area contributed by atoms with Crippen molar-refractivity contribution in [1.29, 1.82) is 0 Å². The highest BCUT2D eigenvalue weighted by molar-refractivity contribution is 4.84. The Morgan fingerprint density at radius 2 is 0.816 bits per heavy atom. The predicted molar refractivity (Wildman–Crippen MR) is 170 cm³/mol. The molecular formula is C36H71N2+. The van der Waals surface area contributed by atoms with Gasteiger partial charge in [0.2, 0.25) is 0 Å². The fraction of sp³-hybridized carbons (Fsp3) is 0.917. The van der Waals surface area contributed by atoms with Crippen LogP contribution in [0.15, 0.2) is 12.4 Å². The summed E-state index contributed by atoms with van der Waals surface area (Å²) >= 11 is 0. The topological polar surface area (TPSA) is 8.81 Å². The molecule has 0 atom stereocenters. The zero-order chi connectivity index (χ0) is 27.4. The van der Waals surface area contributed by atoms with Crippen molar-refractivity contribution < 1.29 is 4.57 Å². The molecule has 1 aromatic rings. The maximum absolute atomic E-state index is 2.62. The summed E-state index contributed by atoms with van der Waals surface area (Å²) in [5.74, 6) is 1.61. The highest BCUT2D eigenvalue weighted by Gasteiger charge is 2.16. The highest BCUT2D eigenvalue weighted by Crippen LogP contribution is 2.15. The maximum Gasteiger partial charge on any atom is 0.256 e. The van der Waals surface area contributed by atoms with Crippen LogP contribution in [0, 0.1) is 0 Å². The summed E-state index contributed by atoms with van der Waals surface area (Å²) in [7, 11) is 0. The number of rotatable bonds is 30. The van der Waals surface area contributed by atoms with Gasteiger partial charge in [0, 0.05) is 6.42 Å². The monoisotopic (exact) mass is 532 g/mol. The lowest BCUT2D eigenvalue weighted by molar-refractivity contribution is -0.704. The van der Waals surface area contributed by atoms with Crippen molar-refractivity contribution in [2.24, 2.45) is 0 Å². The van der Waals surface area contributed by atoms with Gasteiger partial charge in [-0.3, -0.25) is 0 Å². The van der Waals surface area contributed by atoms with Crippen LogP contribution in [0.5, 0.6) is 0 Å². The van der Waals surface area contributed by atoms with E-state index in [1.807, 2.05) is 0 Å². The maximum atomic E-state index is 2.62. The second-order valence-electron chi connectivity index (χ2n) is 12.3. The molecule has 1 aromatic heterocycles. The molecule has 2 nitrogen and oxygen atoms in total. The van der Waals surface area contributed by atoms with Gasteiger partial charge in [0.15, 0.2) is 0 Å². The standard InChI is InChI=1S/C36H71N2/c1-4-7-10-13-15-17-19-20-21-23-25-28-31-36-37(32-29-26-12-9-6-3)34-35-38(36)33-30-27-24-22-18-16-14-11-8-5-2/h34-35H,4-33H2,1-3H3/q+1. The number of imidazole rings is 1. The van der Waals surface area contributed by atoms with Gasteiger partial charge in [0.1, 0.15) is 12.4 Å². The average molecular weight is 532 g/mol. The Balaban J connectivity index is 2.27. The van der Waals surface area contributed by atoms with Gasteiger partial charge in [-0.25, -0.2) is 9.13 Å². The van der Waals surface area contributed by atoms with E-state index in [1.54, 1.807) is 5.82 Å². The van der Waals surface area contributed by atoms with Gasteiger partial charge >= 0.3 is 0 Å². The smallest absolute Gasteiger partial charge is 0.234 e. The Morgan fingerprint density at radius 1 is 0.447 bits per heavy atom. The van der Waals surface area contributed by atoms with Crippen LogP contribution >= 0.6 is 0 Å². The molecule has 224 valence electrons. The highest BCUT2D eigenvalue weighted by atomic mass is 15.1. The van der Waals surface area contributed by atoms with Crippen LogP contribution in [0.4, 0.5) is 0 Å². The number of hydrogen-bond donors (Lipinski definition) is 0. The molecule has 0 aromatic carbocycles. The number of hydrogen-bond acceptors (Lipinski definition) is 0. The Bertz CT molecular complexity index is 590. The average Bonchev–Trinajstić information content (AvgIpc) is 3.31. The number of unbranched alkanes of at least 4 members (excludes halogenated alkanes) is 24. The molecule has 0 aliphatic rings. The van der Waals surface area contributed by atoms with Crippen molar-refractivity contribution >= 4 is 0 Å². The fourth-order valence-electron chi connectivity index (χ4n) is 5.97. The summed E-state index contributed by atoms with van der Waals surface area (Å²) in [4.78, 5) is 0. The number of aromatic nitrogens is 2. The van der Waals surface area contributed by atoms with Crippen LogP contribution in [-0.2, 0) is 19.5 Å². The summed E-state index contributed by atoms with van der Waals surface area (Å²) in [6.45, 7) is 9.39. The molecule has 0 saturated heterocycles. The minimum Gasteiger partial charge on any atom is -0.234 e. The van der Waals surface area contributed by atoms with Crippen LogP contribution < -0.4 is 4.57 Å². The van der Waals surface area contributed by atoms with Crippen molar-refractivity contribution in [3.63, 3.8) is 0 Å². The lowest BCUT2D eigenvalue weighted by Crippen LogP contribution is -2.37. The van der Waals surface area contributed by atoms with Gasteiger partial charge in [-0.05, 0) is 32.1 Å². The molecule has 0 unspecified atom stereocenters. The second kappa shape index (κ2) is 27.8. The summed E-state index contributed by atoms with van der Waals surface area (Å²) in [6.07, 6.45) is 44.4. The number of nitrogens with zero attached hydrogens (tertiary/aromatic N) is 2. The molecule has 0 bridgehead atoms. The van der Waals surface area contributed by atoms with Gasteiger partial charge < -0.3 is 0 Å². The molecule has 1 heterocycles. The normalized spacial score (nSPS) is 11.6. The van der Waals surface area contributed by atoms with Crippen molar-refractivity contribution in [3.05, 3.63) is 18.2 Å². The lowest BCUT2D eigenvalue weighted by Gasteiger charge is -2.07. The number of aryl methyl sites for hydroxylation is 2. The van der Waals surface area contributed by atoms with Gasteiger partial charge in [-0.1, -0.05) is 162 Å². The van der Waals surface area contributed by atoms with Crippen molar-refractivity contribution in [2.75, 3.05) is 0 Å². The molecule has 38 heavy (non-hydrogen) atoms. The molecule has 0 aliphatic carbocycles. The van der Waals surface area contributed by atoms with E-state index in [0.29, 0.717) is 0 Å². The summed E-state index contributed by atoms with van der Waals surface area (Å²) in [6, 6.07) is 0. The predicted octanol–water partition coefficient (Wildman–Crippen LogP) is 11.9. The summed E-state index contributed by atoms with van der Waals surface area (Å²) in [5.41, 5.74) is 0. The van der Waals surface area contributed by atoms with Crippen molar-refractivity contribution in [3.8, 4) is 0 Å². The minimum absolute atomic E-state index is 1.22. The van der Waals surface area contributed by atoms with Gasteiger partial charge in [-0.2, -0.15) is 0 Å². The Labute approximate surface area is 240 Å². The molecule has 0 fully saturated rings. The Morgan fingerprint density at radius 3 is 1.26 bits per heavy atom. The van der Waals surface area contributed by atoms with Crippen LogP contribution in [0.1, 0.15) is 200 Å². The first-order chi connectivity index (χ1) is 18.8. The first-order valence-electron chi connectivity index (χ1n) is 17.9. The van der Waals surface area contributed by atoms with Gasteiger partial charge in [-0.15, -0.1) is 0 Å². The third-order valence-electron chi connectivity index (χ3n) is 8.60. The molecule has 0 amide bonds. The molecular weight excluding hydrogens is 460 g/mol. The zero-order valence-corrected chi connectivity index (χ0v) is 26.8. The third-order valence-corrected chi connectivity index (χ3v) is 8.60. The van der Waals surface area contributed by atoms with Crippen LogP contribution in [0.3, 0.4) is 0 Å². The molecule has 2 heteroatoms. The van der Waals surface area contributed by atoms with Crippen LogP contribution in [-0.4, -0.2) is 4.57 Å². The Hall–Kier alpha value is -0.790. The lowest BCUT2D eigenvalue weighted by atomic mass is 10.0. The third kappa shape index (κ3) is 20.2. The van der Waals surface area contributed by atoms with E-state index in [-0.39, 0.29) is 0 Å². The largest absolute Gasteiger partial charge is 0.256 e. The fourth-order valence-corrected chi connectivity index (χ4v) is 5.97. The first-order valence-corrected chi connectivity index (χ1v) is 17.9. The zero-order valence-electron chi connectivity index (χ0n) is 26.8. The first kappa shape index (κ1) is 35.2. The van der Waals surface area contributed by atoms with Crippen molar-refractivity contribution in [2.45, 2.75) is 214 Å². The summed E-state index contributed by atoms with van der Waals surface area (Å²) in [5, 5.41) is 0. The van der Waals surface area contributed by atoms with Gasteiger partial charge in [0.05, 0.1) is 13.1 Å². The molecule has 0 aliphatic heterocycles. The van der Waals surface area contributed by atoms with Crippen LogP contribution in [0.2, 0.25) is 0 Å². The van der Waals surface area contributed by atoms with E-state index < -0.39 is 0 Å². The second-order valence-corrected chi connectivity index (χ2v) is 12.3. The van der Waals surface area contributed by atoms with E-state index >= 15 is 0 Å². The van der Waals surface area contributed by atoms with E-state index in [9.17, 15) is 0 Å². The van der Waals surface area contributed by atoms with Crippen LogP contribution in [0.25, 0.3) is 0 Å². The molecule has 0 spiro atoms. The van der Waals surface area contributed by atoms with Crippen molar-refractivity contribution in [1.82, 2.24) is 4.57 Å². The van der Waals surface area contributed by atoms with Gasteiger partial charge in [0.25, 0.3) is 5.82 Å². The minimum atomic E-state index is 1.22. The Kier molecular flexibility index (Phi) is 25.7. The van der Waals surface area contributed by atoms with E-state index in [4.69, 9.17) is 0 Å².